The van der Waals surface area contributed by atoms with E-state index in [-0.39, 0.29) is 76.3 Å². The van der Waals surface area contributed by atoms with Crippen LogP contribution < -0.4 is 22.9 Å². The highest BCUT2D eigenvalue weighted by atomic mass is 16.4. The van der Waals surface area contributed by atoms with Crippen LogP contribution in [-0.4, -0.2) is 212 Å². The van der Waals surface area contributed by atoms with Crippen LogP contribution in [0.4, 0.5) is 5.69 Å². The van der Waals surface area contributed by atoms with E-state index in [0.29, 0.717) is 46.2 Å². The number of anilines is 1. The van der Waals surface area contributed by atoms with Crippen molar-refractivity contribution in [3.8, 4) is 17.2 Å². The number of fused-ring (bicyclic) bond motifs is 9. The summed E-state index contributed by atoms with van der Waals surface area (Å²) < 4.78 is 0. The summed E-state index contributed by atoms with van der Waals surface area (Å²) in [6.45, 7) is 8.78. The maximum absolute atomic E-state index is 13.6. The Balaban J connectivity index is 0.000000157. The van der Waals surface area contributed by atoms with Gasteiger partial charge in [-0.1, -0.05) is 12.1 Å². The standard InChI is InChI=1S/C23H28N2O7.C23H26N2O7.C22H25N3O7/c2*1-8-5-9(2)17(26)14-11(8)6-10-7-12-16(25(3)4)19(28)15(22(24)31)21(30)23(12,32)20(29)13(10)18(14)27;1-7-4-11(23)16(26)13-9(7)5-8-6-10-15(25(2)3)18(28)14(21(24)31)20(30)22(10,32)19(29)12(8)17(13)27/h5,10,12,15-16,19,26-28,32H,6-7H2,1-4H3,(H2,24,31);5,10,12,16,26-27,30,32H,6-7H2,1-4H3,(H2,24,31);4,8,10,15,26-27,30,32H,5-6,23H2,1-3H3,(H2,24,31)/t10-,12-,15?,16-,19?,23-;10-,12-,16-,23-;8-,10-,15-,22-/m000/s1. The fourth-order valence-corrected chi connectivity index (χ4v) is 17.2. The predicted molar refractivity (Wildman–Crippen MR) is 341 cm³/mol. The molecule has 28 nitrogen and oxygen atoms in total. The van der Waals surface area contributed by atoms with E-state index in [1.54, 1.807) is 86.2 Å². The zero-order valence-corrected chi connectivity index (χ0v) is 54.5. The highest BCUT2D eigenvalue weighted by Gasteiger charge is 2.69. The lowest BCUT2D eigenvalue weighted by Gasteiger charge is -2.53. The highest BCUT2D eigenvalue weighted by molar-refractivity contribution is 6.27. The quantitative estimate of drug-likeness (QED) is 0.0677. The fourth-order valence-electron chi connectivity index (χ4n) is 17.2. The van der Waals surface area contributed by atoms with Crippen LogP contribution in [-0.2, 0) is 62.4 Å². The number of aromatic hydroxyl groups is 3. The van der Waals surface area contributed by atoms with Crippen molar-refractivity contribution in [3.63, 3.8) is 0 Å². The van der Waals surface area contributed by atoms with E-state index in [0.717, 1.165) is 11.1 Å². The van der Waals surface area contributed by atoms with Crippen molar-refractivity contribution in [1.82, 2.24) is 14.7 Å². The summed E-state index contributed by atoms with van der Waals surface area (Å²) in [5, 5.41) is 132. The van der Waals surface area contributed by atoms with Crippen LogP contribution in [0.15, 0.2) is 57.6 Å². The molecule has 12 rings (SSSR count). The SMILES string of the molecule is Cc1cc(C)c2c(c1O)C(O)=C1C(=O)[C@]3(O)C(=O)C(C(N)=O)C(O)[C@@H](N(C)C)[C@@H]3C[C@@H]1C2.Cc1cc(C)c2c(c1O)C(O)=C1C(=O)[C@]3(O)C(O)=C(C(N)=O)C(=O)[C@@H](N(C)C)[C@@H]3C[C@@H]1C2.Cc1cc(N)c(O)c2c1C[C@H]1C[C@H]3[C@H](N(C)C)C(=O)C(C(N)=O)=C(O)[C@@]3(O)C(=O)C1=C2O. The number of hydrogen-bond donors (Lipinski definition) is 16. The summed E-state index contributed by atoms with van der Waals surface area (Å²) in [6.07, 6.45) is -0.377. The molecule has 0 spiro atoms. The van der Waals surface area contributed by atoms with Gasteiger partial charge < -0.3 is 89.1 Å². The molecule has 96 heavy (non-hydrogen) atoms. The van der Waals surface area contributed by atoms with Gasteiger partial charge in [-0.2, -0.15) is 0 Å². The maximum atomic E-state index is 13.6. The van der Waals surface area contributed by atoms with Crippen LogP contribution in [0.1, 0.15) is 80.5 Å². The lowest BCUT2D eigenvalue weighted by molar-refractivity contribution is -0.184. The van der Waals surface area contributed by atoms with Gasteiger partial charge in [0.15, 0.2) is 34.2 Å². The third-order valence-corrected chi connectivity index (χ3v) is 21.6. The molecule has 0 heterocycles. The van der Waals surface area contributed by atoms with Crippen LogP contribution in [0.5, 0.6) is 17.2 Å². The van der Waals surface area contributed by atoms with Crippen molar-refractivity contribution in [1.29, 1.82) is 0 Å². The smallest absolute Gasteiger partial charge is 0.255 e. The predicted octanol–water partition coefficient (Wildman–Crippen LogP) is 0.181. The van der Waals surface area contributed by atoms with E-state index < -0.39 is 181 Å². The van der Waals surface area contributed by atoms with Crippen LogP contribution >= 0.6 is 0 Å². The van der Waals surface area contributed by atoms with Crippen molar-refractivity contribution in [2.75, 3.05) is 48.0 Å². The zero-order chi connectivity index (χ0) is 71.6. The zero-order valence-electron chi connectivity index (χ0n) is 54.5. The van der Waals surface area contributed by atoms with Gasteiger partial charge in [0, 0.05) is 40.5 Å². The Hall–Kier alpha value is -9.29. The first-order valence-corrected chi connectivity index (χ1v) is 30.9. The van der Waals surface area contributed by atoms with Gasteiger partial charge in [-0.3, -0.25) is 53.0 Å². The number of benzene rings is 3. The molecule has 2 unspecified atom stereocenters. The van der Waals surface area contributed by atoms with Gasteiger partial charge in [-0.15, -0.1) is 0 Å². The molecule has 28 heteroatoms. The number of aryl methyl sites for hydroxylation is 5. The summed E-state index contributed by atoms with van der Waals surface area (Å²) in [7, 11) is 9.49. The lowest BCUT2D eigenvalue weighted by Crippen LogP contribution is -2.73. The fraction of sp³-hybridized carbons (Fsp3) is 0.456. The van der Waals surface area contributed by atoms with Crippen molar-refractivity contribution >= 4 is 75.4 Å². The van der Waals surface area contributed by atoms with Gasteiger partial charge in [-0.05, 0) is 184 Å². The number of phenols is 3. The number of rotatable bonds is 6. The molecule has 0 radical (unpaired) electrons. The number of aliphatic hydroxyl groups excluding tert-OH is 6. The molecule has 14 atom stereocenters. The highest BCUT2D eigenvalue weighted by Crippen LogP contribution is 2.57. The molecule has 4 fully saturated rings. The molecular formula is C68H79N7O21. The maximum Gasteiger partial charge on any atom is 0.255 e. The Morgan fingerprint density at radius 3 is 1.11 bits per heavy atom. The number of nitrogens with two attached hydrogens (primary N) is 4. The number of nitrogens with zero attached hydrogens (tertiary/aromatic N) is 3. The van der Waals surface area contributed by atoms with Crippen molar-refractivity contribution < 1.29 is 104 Å². The number of carbonyl (C=O) groups excluding carboxylic acids is 9. The molecule has 9 aliphatic rings. The molecule has 20 N–H and O–H groups in total. The molecule has 0 bridgehead atoms. The van der Waals surface area contributed by atoms with Crippen LogP contribution in [0.3, 0.4) is 0 Å². The number of Topliss-reactive ketones (excluding diaryl/α,β-unsaturated/α-hetero) is 6. The van der Waals surface area contributed by atoms with E-state index in [2.05, 4.69) is 0 Å². The van der Waals surface area contributed by atoms with Crippen molar-refractivity contribution in [3.05, 3.63) is 119 Å². The largest absolute Gasteiger partial charge is 0.508 e. The Kier molecular flexibility index (Phi) is 17.0. The van der Waals surface area contributed by atoms with E-state index in [1.807, 2.05) is 13.8 Å². The second-order valence-corrected chi connectivity index (χ2v) is 27.6. The van der Waals surface area contributed by atoms with Crippen molar-refractivity contribution in [2.45, 2.75) is 114 Å². The third kappa shape index (κ3) is 9.60. The van der Waals surface area contributed by atoms with E-state index >= 15 is 0 Å². The second kappa shape index (κ2) is 23.5. The van der Waals surface area contributed by atoms with E-state index in [1.165, 1.54) is 9.80 Å². The van der Waals surface area contributed by atoms with Gasteiger partial charge in [0.25, 0.3) is 11.8 Å². The number of ketones is 6. The number of likely N-dealkylation sites (N-methyl/N-ethyl adjacent to an activating group) is 3. The number of carbonyl (C=O) groups is 9. The normalized spacial score (nSPS) is 31.2. The van der Waals surface area contributed by atoms with Crippen molar-refractivity contribution in [2.24, 2.45) is 58.6 Å². The minimum absolute atomic E-state index is 0.00112. The Morgan fingerprint density at radius 2 is 0.792 bits per heavy atom. The third-order valence-electron chi connectivity index (χ3n) is 21.6. The molecule has 9 aliphatic carbocycles. The molecule has 3 amide bonds. The summed E-state index contributed by atoms with van der Waals surface area (Å²) in [5.41, 5.74) is 17.4. The van der Waals surface area contributed by atoms with E-state index in [4.69, 9.17) is 22.9 Å². The number of primary amides is 3. The van der Waals surface area contributed by atoms with E-state index in [9.17, 15) is 104 Å². The van der Waals surface area contributed by atoms with Gasteiger partial charge in [0.2, 0.25) is 23.3 Å². The minimum Gasteiger partial charge on any atom is -0.508 e. The second-order valence-electron chi connectivity index (χ2n) is 27.6. The van der Waals surface area contributed by atoms with Gasteiger partial charge in [0.1, 0.15) is 63.1 Å². The molecule has 0 aromatic heterocycles. The molecule has 4 saturated carbocycles. The van der Waals surface area contributed by atoms with Crippen LogP contribution in [0, 0.1) is 76.0 Å². The molecular weight excluding hydrogens is 1250 g/mol. The summed E-state index contributed by atoms with van der Waals surface area (Å²) in [5.74, 6) is -20.4. The molecule has 0 aliphatic heterocycles. The molecule has 0 saturated heterocycles. The molecule has 3 aromatic rings. The first kappa shape index (κ1) is 69.5. The van der Waals surface area contributed by atoms with Crippen LogP contribution in [0.25, 0.3) is 17.3 Å². The number of hydrogen-bond acceptors (Lipinski definition) is 25. The monoisotopic (exact) mass is 1330 g/mol. The minimum atomic E-state index is -2.64. The summed E-state index contributed by atoms with van der Waals surface area (Å²) >= 11 is 0. The molecule has 3 aromatic carbocycles. The summed E-state index contributed by atoms with van der Waals surface area (Å²) in [6, 6.07) is 2.06. The molecule has 512 valence electrons. The first-order chi connectivity index (χ1) is 44.5. The number of nitrogen functional groups attached to an aromatic ring is 1. The Labute approximate surface area is 549 Å². The van der Waals surface area contributed by atoms with Gasteiger partial charge in [0.05, 0.1) is 40.6 Å². The van der Waals surface area contributed by atoms with Gasteiger partial charge >= 0.3 is 0 Å². The summed E-state index contributed by atoms with van der Waals surface area (Å²) in [4.78, 5) is 121. The van der Waals surface area contributed by atoms with Gasteiger partial charge in [-0.25, -0.2) is 0 Å². The van der Waals surface area contributed by atoms with Crippen LogP contribution in [0.2, 0.25) is 0 Å². The lowest BCUT2D eigenvalue weighted by atomic mass is 9.54. The Bertz CT molecular complexity index is 4090. The Morgan fingerprint density at radius 1 is 0.469 bits per heavy atom. The number of aliphatic hydroxyl groups is 9. The average Bonchev–Trinajstić information content (AvgIpc) is 0.712. The average molecular weight is 1330 g/mol. The topological polar surface area (TPSA) is 510 Å². The number of amides is 3. The first-order valence-electron chi connectivity index (χ1n) is 30.9. The number of phenolic OH excluding ortho intramolecular Hbond substituents is 3.